The fourth-order valence-electron chi connectivity index (χ4n) is 2.22. The Morgan fingerprint density at radius 3 is 2.65 bits per heavy atom. The Bertz CT molecular complexity index is 593. The summed E-state index contributed by atoms with van der Waals surface area (Å²) in [5.41, 5.74) is 2.98. The summed E-state index contributed by atoms with van der Waals surface area (Å²) in [6.45, 7) is 1.92. The summed E-state index contributed by atoms with van der Waals surface area (Å²) in [4.78, 5) is 15.1. The molecule has 20 heavy (non-hydrogen) atoms. The first kappa shape index (κ1) is 14.1. The van der Waals surface area contributed by atoms with E-state index in [4.69, 9.17) is 9.84 Å². The number of carbonyl (C=O) groups is 1. The van der Waals surface area contributed by atoms with Crippen molar-refractivity contribution in [2.45, 2.75) is 19.3 Å². The van der Waals surface area contributed by atoms with Crippen molar-refractivity contribution < 1.29 is 14.6 Å². The van der Waals surface area contributed by atoms with Crippen LogP contribution in [0.15, 0.2) is 42.6 Å². The number of carboxylic acid groups (broad SMARTS) is 1. The van der Waals surface area contributed by atoms with Crippen molar-refractivity contribution in [1.82, 2.24) is 4.98 Å². The summed E-state index contributed by atoms with van der Waals surface area (Å²) in [5.74, 6) is -0.282. The van der Waals surface area contributed by atoms with Crippen LogP contribution < -0.4 is 4.74 Å². The van der Waals surface area contributed by atoms with E-state index < -0.39 is 5.97 Å². The van der Waals surface area contributed by atoms with Crippen molar-refractivity contribution in [2.75, 3.05) is 7.11 Å². The van der Waals surface area contributed by atoms with E-state index in [0.29, 0.717) is 5.88 Å². The highest BCUT2D eigenvalue weighted by atomic mass is 16.5. The summed E-state index contributed by atoms with van der Waals surface area (Å²) >= 11 is 0. The molecule has 0 radical (unpaired) electrons. The Morgan fingerprint density at radius 1 is 1.30 bits per heavy atom. The molecule has 2 aromatic rings. The first-order valence-electron chi connectivity index (χ1n) is 6.43. The normalized spacial score (nSPS) is 11.9. The first-order chi connectivity index (χ1) is 9.61. The van der Waals surface area contributed by atoms with Gasteiger partial charge in [-0.1, -0.05) is 31.2 Å². The standard InChI is InChI=1S/C16H17NO3/c1-11(9-16(18)19)13-5-3-4-6-14(13)12-7-8-15(20-2)17-10-12/h3-8,10-11H,9H2,1-2H3,(H,18,19). The minimum atomic E-state index is -0.792. The highest BCUT2D eigenvalue weighted by Crippen LogP contribution is 2.31. The minimum absolute atomic E-state index is 0.0502. The van der Waals surface area contributed by atoms with Crippen molar-refractivity contribution in [1.29, 1.82) is 0 Å². The zero-order valence-corrected chi connectivity index (χ0v) is 11.5. The van der Waals surface area contributed by atoms with Crippen molar-refractivity contribution >= 4 is 5.97 Å². The van der Waals surface area contributed by atoms with E-state index >= 15 is 0 Å². The summed E-state index contributed by atoms with van der Waals surface area (Å²) in [6.07, 6.45) is 1.85. The number of pyridine rings is 1. The van der Waals surface area contributed by atoms with Gasteiger partial charge < -0.3 is 9.84 Å². The molecule has 0 amide bonds. The lowest BCUT2D eigenvalue weighted by Crippen LogP contribution is -2.04. The SMILES string of the molecule is COc1ccc(-c2ccccc2C(C)CC(=O)O)cn1. The van der Waals surface area contributed by atoms with Gasteiger partial charge in [0.05, 0.1) is 13.5 Å². The lowest BCUT2D eigenvalue weighted by molar-refractivity contribution is -0.137. The van der Waals surface area contributed by atoms with Gasteiger partial charge >= 0.3 is 5.97 Å². The van der Waals surface area contributed by atoms with Crippen LogP contribution in [0.5, 0.6) is 5.88 Å². The van der Waals surface area contributed by atoms with Gasteiger partial charge in [-0.2, -0.15) is 0 Å². The lowest BCUT2D eigenvalue weighted by Gasteiger charge is -2.15. The number of aliphatic carboxylic acids is 1. The van der Waals surface area contributed by atoms with Gasteiger partial charge in [0.1, 0.15) is 0 Å². The van der Waals surface area contributed by atoms with Gasteiger partial charge in [-0.05, 0) is 23.1 Å². The third kappa shape index (κ3) is 3.15. The van der Waals surface area contributed by atoms with Crippen LogP contribution in [-0.4, -0.2) is 23.2 Å². The molecule has 4 heteroatoms. The number of hydrogen-bond acceptors (Lipinski definition) is 3. The maximum absolute atomic E-state index is 10.9. The predicted molar refractivity (Wildman–Crippen MR) is 76.9 cm³/mol. The Hall–Kier alpha value is -2.36. The summed E-state index contributed by atoms with van der Waals surface area (Å²) in [7, 11) is 1.57. The van der Waals surface area contributed by atoms with Crippen LogP contribution in [0.4, 0.5) is 0 Å². The number of hydrogen-bond donors (Lipinski definition) is 1. The zero-order valence-electron chi connectivity index (χ0n) is 11.5. The molecule has 1 unspecified atom stereocenters. The molecule has 1 N–H and O–H groups in total. The monoisotopic (exact) mass is 271 g/mol. The van der Waals surface area contributed by atoms with Crippen molar-refractivity contribution in [3.63, 3.8) is 0 Å². The number of ether oxygens (including phenoxy) is 1. The quantitative estimate of drug-likeness (QED) is 0.906. The second kappa shape index (κ2) is 6.19. The molecule has 4 nitrogen and oxygen atoms in total. The molecular formula is C16H17NO3. The summed E-state index contributed by atoms with van der Waals surface area (Å²) in [5, 5.41) is 8.95. The second-order valence-electron chi connectivity index (χ2n) is 4.68. The lowest BCUT2D eigenvalue weighted by atomic mass is 9.90. The molecule has 1 heterocycles. The van der Waals surface area contributed by atoms with Crippen LogP contribution in [0.25, 0.3) is 11.1 Å². The molecule has 0 aliphatic rings. The third-order valence-electron chi connectivity index (χ3n) is 3.23. The average Bonchev–Trinajstić information content (AvgIpc) is 2.46. The molecule has 0 spiro atoms. The van der Waals surface area contributed by atoms with Crippen LogP contribution in [0, 0.1) is 0 Å². The van der Waals surface area contributed by atoms with E-state index in [1.807, 2.05) is 37.3 Å². The highest BCUT2D eigenvalue weighted by molar-refractivity contribution is 5.71. The Morgan fingerprint density at radius 2 is 2.05 bits per heavy atom. The van der Waals surface area contributed by atoms with Gasteiger partial charge in [-0.25, -0.2) is 4.98 Å². The predicted octanol–water partition coefficient (Wildman–Crippen LogP) is 3.34. The number of aromatic nitrogens is 1. The van der Waals surface area contributed by atoms with Gasteiger partial charge in [-0.15, -0.1) is 0 Å². The van der Waals surface area contributed by atoms with Crippen LogP contribution in [0.1, 0.15) is 24.8 Å². The van der Waals surface area contributed by atoms with Crippen LogP contribution >= 0.6 is 0 Å². The van der Waals surface area contributed by atoms with E-state index in [0.717, 1.165) is 16.7 Å². The molecule has 0 bridgehead atoms. The van der Waals surface area contributed by atoms with Crippen molar-refractivity contribution in [3.8, 4) is 17.0 Å². The average molecular weight is 271 g/mol. The molecule has 0 fully saturated rings. The Labute approximate surface area is 118 Å². The molecule has 1 aromatic heterocycles. The number of methoxy groups -OCH3 is 1. The van der Waals surface area contributed by atoms with E-state index in [1.165, 1.54) is 0 Å². The van der Waals surface area contributed by atoms with Gasteiger partial charge in [0, 0.05) is 17.8 Å². The van der Waals surface area contributed by atoms with Crippen LogP contribution in [0.2, 0.25) is 0 Å². The smallest absolute Gasteiger partial charge is 0.303 e. The second-order valence-corrected chi connectivity index (χ2v) is 4.68. The van der Waals surface area contributed by atoms with Gasteiger partial charge in [0.25, 0.3) is 0 Å². The fraction of sp³-hybridized carbons (Fsp3) is 0.250. The van der Waals surface area contributed by atoms with Crippen molar-refractivity contribution in [3.05, 3.63) is 48.2 Å². The molecular weight excluding hydrogens is 254 g/mol. The number of benzene rings is 1. The zero-order chi connectivity index (χ0) is 14.5. The van der Waals surface area contributed by atoms with E-state index in [9.17, 15) is 4.79 Å². The molecule has 1 aromatic carbocycles. The third-order valence-corrected chi connectivity index (χ3v) is 3.23. The fourth-order valence-corrected chi connectivity index (χ4v) is 2.22. The molecule has 2 rings (SSSR count). The van der Waals surface area contributed by atoms with E-state index in [2.05, 4.69) is 4.98 Å². The number of rotatable bonds is 5. The van der Waals surface area contributed by atoms with Crippen molar-refractivity contribution in [2.24, 2.45) is 0 Å². The molecule has 104 valence electrons. The van der Waals surface area contributed by atoms with Crippen LogP contribution in [0.3, 0.4) is 0 Å². The number of carboxylic acids is 1. The molecule has 0 aliphatic carbocycles. The van der Waals surface area contributed by atoms with Gasteiger partial charge in [-0.3, -0.25) is 4.79 Å². The molecule has 0 aliphatic heterocycles. The Balaban J connectivity index is 2.38. The topological polar surface area (TPSA) is 59.4 Å². The largest absolute Gasteiger partial charge is 0.481 e. The van der Waals surface area contributed by atoms with Crippen LogP contribution in [-0.2, 0) is 4.79 Å². The van der Waals surface area contributed by atoms with Gasteiger partial charge in [0.2, 0.25) is 5.88 Å². The minimum Gasteiger partial charge on any atom is -0.481 e. The summed E-state index contributed by atoms with van der Waals surface area (Å²) in [6, 6.07) is 11.5. The first-order valence-corrected chi connectivity index (χ1v) is 6.43. The van der Waals surface area contributed by atoms with E-state index in [-0.39, 0.29) is 12.3 Å². The molecule has 1 atom stereocenters. The van der Waals surface area contributed by atoms with E-state index in [1.54, 1.807) is 19.4 Å². The molecule has 0 saturated heterocycles. The highest BCUT2D eigenvalue weighted by Gasteiger charge is 2.14. The Kier molecular flexibility index (Phi) is 4.35. The number of nitrogens with zero attached hydrogens (tertiary/aromatic N) is 1. The maximum atomic E-state index is 10.9. The molecule has 0 saturated carbocycles. The summed E-state index contributed by atoms with van der Waals surface area (Å²) < 4.78 is 5.05. The van der Waals surface area contributed by atoms with Gasteiger partial charge in [0.15, 0.2) is 0 Å². The maximum Gasteiger partial charge on any atom is 0.303 e.